The molecule has 0 radical (unpaired) electrons. The van der Waals surface area contributed by atoms with E-state index < -0.39 is 5.97 Å². The van der Waals surface area contributed by atoms with Crippen LogP contribution in [-0.2, 0) is 16.1 Å². The number of likely N-dealkylation sites (tertiary alicyclic amines) is 1. The van der Waals surface area contributed by atoms with Crippen LogP contribution in [0.3, 0.4) is 0 Å². The average molecular weight is 470 g/mol. The van der Waals surface area contributed by atoms with Crippen molar-refractivity contribution in [3.05, 3.63) is 102 Å². The summed E-state index contributed by atoms with van der Waals surface area (Å²) in [6.45, 7) is 2.66. The third kappa shape index (κ3) is 4.80. The van der Waals surface area contributed by atoms with Gasteiger partial charge < -0.3 is 9.64 Å². The Balaban J connectivity index is 1.46. The van der Waals surface area contributed by atoms with Gasteiger partial charge in [0, 0.05) is 31.2 Å². The Hall–Kier alpha value is -3.64. The number of urea groups is 1. The summed E-state index contributed by atoms with van der Waals surface area (Å²) in [7, 11) is 1.36. The van der Waals surface area contributed by atoms with Crippen molar-refractivity contribution in [2.24, 2.45) is 0 Å². The van der Waals surface area contributed by atoms with Crippen LogP contribution in [0.2, 0.25) is 0 Å². The number of para-hydroxylation sites is 1. The molecule has 1 unspecified atom stereocenters. The number of methoxy groups -OCH3 is 1. The van der Waals surface area contributed by atoms with E-state index in [2.05, 4.69) is 47.4 Å². The molecule has 1 atom stereocenters. The topological polar surface area (TPSA) is 53.1 Å². The summed E-state index contributed by atoms with van der Waals surface area (Å²) >= 11 is 0. The molecule has 3 aromatic rings. The van der Waals surface area contributed by atoms with Crippen LogP contribution < -0.4 is 4.90 Å². The van der Waals surface area contributed by atoms with Crippen LogP contribution in [0.5, 0.6) is 0 Å². The molecule has 0 aromatic heterocycles. The number of hydrogen-bond acceptors (Lipinski definition) is 4. The highest BCUT2D eigenvalue weighted by Gasteiger charge is 2.43. The van der Waals surface area contributed by atoms with Gasteiger partial charge in [-0.15, -0.1) is 0 Å². The van der Waals surface area contributed by atoms with E-state index in [1.54, 1.807) is 4.90 Å². The molecule has 35 heavy (non-hydrogen) atoms. The highest BCUT2D eigenvalue weighted by molar-refractivity contribution is 6.00. The summed E-state index contributed by atoms with van der Waals surface area (Å²) in [4.78, 5) is 32.3. The molecule has 2 aliphatic rings. The normalized spacial score (nSPS) is 18.9. The van der Waals surface area contributed by atoms with Crippen molar-refractivity contribution in [3.8, 4) is 0 Å². The molecule has 0 bridgehead atoms. The molecule has 3 aromatic carbocycles. The minimum Gasteiger partial charge on any atom is -0.468 e. The number of carbonyl (C=O) groups excluding carboxylic acids is 2. The largest absolute Gasteiger partial charge is 0.468 e. The van der Waals surface area contributed by atoms with Crippen LogP contribution in [0, 0.1) is 0 Å². The maximum atomic E-state index is 14.0. The first kappa shape index (κ1) is 23.1. The number of anilines is 1. The number of rotatable bonds is 6. The molecule has 0 saturated carbocycles. The fourth-order valence-electron chi connectivity index (χ4n) is 5.35. The Morgan fingerprint density at radius 1 is 0.886 bits per heavy atom. The number of amides is 2. The fraction of sp³-hybridized carbons (Fsp3) is 0.310. The molecule has 2 amide bonds. The molecular weight excluding hydrogens is 438 g/mol. The molecule has 1 fully saturated rings. The van der Waals surface area contributed by atoms with Crippen LogP contribution in [0.1, 0.15) is 35.6 Å². The third-order valence-corrected chi connectivity index (χ3v) is 7.08. The van der Waals surface area contributed by atoms with Gasteiger partial charge in [-0.25, -0.2) is 4.79 Å². The first-order valence-electron chi connectivity index (χ1n) is 12.2. The SMILES string of the molecule is COC(=O)CN1C(=O)N(C2CCN(Cc3ccccc3)CC2)C(c2ccccc2)c2ccccc21. The second-order valence-electron chi connectivity index (χ2n) is 9.22. The van der Waals surface area contributed by atoms with Gasteiger partial charge in [0.1, 0.15) is 6.54 Å². The summed E-state index contributed by atoms with van der Waals surface area (Å²) in [5, 5.41) is 0. The van der Waals surface area contributed by atoms with Gasteiger partial charge in [0.2, 0.25) is 0 Å². The van der Waals surface area contributed by atoms with Gasteiger partial charge in [-0.3, -0.25) is 14.6 Å². The van der Waals surface area contributed by atoms with Gasteiger partial charge in [-0.05, 0) is 30.0 Å². The maximum absolute atomic E-state index is 14.0. The molecule has 0 N–H and O–H groups in total. The Kier molecular flexibility index (Phi) is 6.82. The predicted molar refractivity (Wildman–Crippen MR) is 136 cm³/mol. The zero-order valence-electron chi connectivity index (χ0n) is 20.0. The number of piperidine rings is 1. The van der Waals surface area contributed by atoms with E-state index in [4.69, 9.17) is 4.74 Å². The smallest absolute Gasteiger partial charge is 0.326 e. The number of benzene rings is 3. The van der Waals surface area contributed by atoms with Crippen molar-refractivity contribution < 1.29 is 14.3 Å². The lowest BCUT2D eigenvalue weighted by Crippen LogP contribution is -2.57. The highest BCUT2D eigenvalue weighted by Crippen LogP contribution is 2.43. The lowest BCUT2D eigenvalue weighted by molar-refractivity contribution is -0.138. The van der Waals surface area contributed by atoms with Crippen molar-refractivity contribution >= 4 is 17.7 Å². The van der Waals surface area contributed by atoms with Crippen molar-refractivity contribution in [3.63, 3.8) is 0 Å². The number of nitrogens with zero attached hydrogens (tertiary/aromatic N) is 3. The second-order valence-corrected chi connectivity index (χ2v) is 9.22. The third-order valence-electron chi connectivity index (χ3n) is 7.08. The van der Waals surface area contributed by atoms with Gasteiger partial charge in [0.15, 0.2) is 0 Å². The first-order valence-corrected chi connectivity index (χ1v) is 12.2. The number of esters is 1. The monoisotopic (exact) mass is 469 g/mol. The van der Waals surface area contributed by atoms with Crippen molar-refractivity contribution in [2.75, 3.05) is 31.6 Å². The van der Waals surface area contributed by atoms with Gasteiger partial charge >= 0.3 is 12.0 Å². The summed E-state index contributed by atoms with van der Waals surface area (Å²) in [6, 6.07) is 28.4. The van der Waals surface area contributed by atoms with Crippen molar-refractivity contribution in [1.29, 1.82) is 0 Å². The van der Waals surface area contributed by atoms with Crippen LogP contribution in [0.4, 0.5) is 10.5 Å². The van der Waals surface area contributed by atoms with Crippen LogP contribution in [0.15, 0.2) is 84.9 Å². The molecular formula is C29H31N3O3. The molecule has 180 valence electrons. The molecule has 6 heteroatoms. The first-order chi connectivity index (χ1) is 17.2. The fourth-order valence-corrected chi connectivity index (χ4v) is 5.35. The van der Waals surface area contributed by atoms with Crippen LogP contribution >= 0.6 is 0 Å². The zero-order valence-corrected chi connectivity index (χ0v) is 20.0. The zero-order chi connectivity index (χ0) is 24.2. The van der Waals surface area contributed by atoms with Gasteiger partial charge in [0.25, 0.3) is 0 Å². The van der Waals surface area contributed by atoms with E-state index in [1.807, 2.05) is 47.4 Å². The predicted octanol–water partition coefficient (Wildman–Crippen LogP) is 4.86. The number of fused-ring (bicyclic) bond motifs is 1. The van der Waals surface area contributed by atoms with E-state index in [0.29, 0.717) is 0 Å². The molecule has 0 aliphatic carbocycles. The van der Waals surface area contributed by atoms with E-state index in [-0.39, 0.29) is 24.7 Å². The summed E-state index contributed by atoms with van der Waals surface area (Å²) in [5.41, 5.74) is 4.20. The quantitative estimate of drug-likeness (QED) is 0.484. The molecule has 1 saturated heterocycles. The summed E-state index contributed by atoms with van der Waals surface area (Å²) < 4.78 is 4.92. The number of ether oxygens (including phenoxy) is 1. The lowest BCUT2D eigenvalue weighted by atomic mass is 9.90. The van der Waals surface area contributed by atoms with Gasteiger partial charge in [0.05, 0.1) is 18.8 Å². The second kappa shape index (κ2) is 10.3. The minimum atomic E-state index is -0.427. The van der Waals surface area contributed by atoms with E-state index in [0.717, 1.165) is 49.3 Å². The van der Waals surface area contributed by atoms with Gasteiger partial charge in [-0.1, -0.05) is 78.9 Å². The van der Waals surface area contributed by atoms with Crippen LogP contribution in [-0.4, -0.2) is 54.6 Å². The standard InChI is InChI=1S/C29H31N3O3/c1-35-27(33)21-31-26-15-9-8-14-25(26)28(23-12-6-3-7-13-23)32(29(31)34)24-16-18-30(19-17-24)20-22-10-4-2-5-11-22/h2-15,24,28H,16-21H2,1H3. The molecule has 0 spiro atoms. The van der Waals surface area contributed by atoms with Crippen LogP contribution in [0.25, 0.3) is 0 Å². The van der Waals surface area contributed by atoms with E-state index in [9.17, 15) is 9.59 Å². The Labute approximate surface area is 206 Å². The Bertz CT molecular complexity index is 1160. The summed E-state index contributed by atoms with van der Waals surface area (Å²) in [5.74, 6) is -0.427. The Morgan fingerprint density at radius 2 is 1.51 bits per heavy atom. The molecule has 2 aliphatic heterocycles. The average Bonchev–Trinajstić information content (AvgIpc) is 2.91. The maximum Gasteiger partial charge on any atom is 0.326 e. The van der Waals surface area contributed by atoms with E-state index >= 15 is 0 Å². The van der Waals surface area contributed by atoms with Crippen molar-refractivity contribution in [1.82, 2.24) is 9.80 Å². The number of carbonyl (C=O) groups is 2. The molecule has 2 heterocycles. The van der Waals surface area contributed by atoms with Crippen molar-refractivity contribution in [2.45, 2.75) is 31.5 Å². The Morgan fingerprint density at radius 3 is 2.20 bits per heavy atom. The van der Waals surface area contributed by atoms with E-state index in [1.165, 1.54) is 12.7 Å². The minimum absolute atomic E-state index is 0.0771. The van der Waals surface area contributed by atoms with Gasteiger partial charge in [-0.2, -0.15) is 0 Å². The number of hydrogen-bond donors (Lipinski definition) is 0. The molecule has 6 nitrogen and oxygen atoms in total. The summed E-state index contributed by atoms with van der Waals surface area (Å²) in [6.07, 6.45) is 1.77. The lowest BCUT2D eigenvalue weighted by Gasteiger charge is -2.48. The molecule has 5 rings (SSSR count). The highest BCUT2D eigenvalue weighted by atomic mass is 16.5.